The Kier molecular flexibility index (Phi) is 4.64. The molecule has 2 aliphatic heterocycles. The van der Waals surface area contributed by atoms with Crippen molar-refractivity contribution in [1.29, 1.82) is 0 Å². The van der Waals surface area contributed by atoms with Crippen molar-refractivity contribution in [3.8, 4) is 22.6 Å². The molecular formula is C21H25NO3. The van der Waals surface area contributed by atoms with Gasteiger partial charge in [-0.05, 0) is 48.6 Å². The van der Waals surface area contributed by atoms with Crippen LogP contribution in [0.2, 0.25) is 0 Å². The van der Waals surface area contributed by atoms with Crippen molar-refractivity contribution in [3.05, 3.63) is 47.5 Å². The van der Waals surface area contributed by atoms with Gasteiger partial charge in [0, 0.05) is 31.8 Å². The Labute approximate surface area is 149 Å². The summed E-state index contributed by atoms with van der Waals surface area (Å²) in [4.78, 5) is 2.38. The molecule has 1 fully saturated rings. The van der Waals surface area contributed by atoms with Gasteiger partial charge >= 0.3 is 0 Å². The van der Waals surface area contributed by atoms with E-state index in [0.717, 1.165) is 55.8 Å². The van der Waals surface area contributed by atoms with Crippen molar-refractivity contribution in [3.63, 3.8) is 0 Å². The number of hydrogen-bond donors (Lipinski definition) is 1. The van der Waals surface area contributed by atoms with Crippen LogP contribution in [0.3, 0.4) is 0 Å². The molecule has 0 saturated carbocycles. The van der Waals surface area contributed by atoms with Gasteiger partial charge in [0.2, 0.25) is 0 Å². The molecule has 4 rings (SSSR count). The lowest BCUT2D eigenvalue weighted by atomic mass is 9.98. The van der Waals surface area contributed by atoms with Crippen LogP contribution in [0.1, 0.15) is 24.0 Å². The lowest BCUT2D eigenvalue weighted by molar-refractivity contribution is 0.0687. The minimum Gasteiger partial charge on any atom is -0.504 e. The van der Waals surface area contributed by atoms with Crippen molar-refractivity contribution in [2.45, 2.75) is 32.4 Å². The number of nitrogens with zero attached hydrogens (tertiary/aromatic N) is 1. The number of rotatable bonds is 3. The topological polar surface area (TPSA) is 41.9 Å². The van der Waals surface area contributed by atoms with Gasteiger partial charge in [-0.3, -0.25) is 4.90 Å². The highest BCUT2D eigenvalue weighted by Crippen LogP contribution is 2.38. The van der Waals surface area contributed by atoms with Crippen molar-refractivity contribution in [2.75, 3.05) is 26.3 Å². The van der Waals surface area contributed by atoms with Crippen LogP contribution >= 0.6 is 0 Å². The SMILES string of the molecule is Cc1ccccc1-c1cc(O)c2c(c1)CN(CC1CCCO1)CCO2. The molecule has 1 unspecified atom stereocenters. The lowest BCUT2D eigenvalue weighted by Gasteiger charge is -2.23. The summed E-state index contributed by atoms with van der Waals surface area (Å²) in [5, 5.41) is 10.5. The lowest BCUT2D eigenvalue weighted by Crippen LogP contribution is -2.33. The molecule has 1 N–H and O–H groups in total. The van der Waals surface area contributed by atoms with Crippen molar-refractivity contribution in [2.24, 2.45) is 0 Å². The molecular weight excluding hydrogens is 314 g/mol. The van der Waals surface area contributed by atoms with Gasteiger partial charge in [-0.15, -0.1) is 0 Å². The molecule has 2 aromatic carbocycles. The van der Waals surface area contributed by atoms with E-state index < -0.39 is 0 Å². The highest BCUT2D eigenvalue weighted by Gasteiger charge is 2.24. The van der Waals surface area contributed by atoms with E-state index in [9.17, 15) is 5.11 Å². The summed E-state index contributed by atoms with van der Waals surface area (Å²) >= 11 is 0. The van der Waals surface area contributed by atoms with Gasteiger partial charge < -0.3 is 14.6 Å². The van der Waals surface area contributed by atoms with E-state index in [0.29, 0.717) is 18.5 Å². The van der Waals surface area contributed by atoms with Gasteiger partial charge in [0.15, 0.2) is 11.5 Å². The highest BCUT2D eigenvalue weighted by atomic mass is 16.5. The summed E-state index contributed by atoms with van der Waals surface area (Å²) in [6.07, 6.45) is 2.62. The quantitative estimate of drug-likeness (QED) is 0.925. The van der Waals surface area contributed by atoms with Crippen LogP contribution < -0.4 is 4.74 Å². The van der Waals surface area contributed by atoms with E-state index in [1.165, 1.54) is 5.56 Å². The number of hydrogen-bond acceptors (Lipinski definition) is 4. The van der Waals surface area contributed by atoms with E-state index in [2.05, 4.69) is 30.0 Å². The van der Waals surface area contributed by atoms with Gasteiger partial charge in [-0.25, -0.2) is 0 Å². The molecule has 2 aromatic rings. The fraction of sp³-hybridized carbons (Fsp3) is 0.429. The van der Waals surface area contributed by atoms with Crippen molar-refractivity contribution < 1.29 is 14.6 Å². The summed E-state index contributed by atoms with van der Waals surface area (Å²) in [6.45, 7) is 6.13. The normalized spacial score (nSPS) is 20.8. The second-order valence-corrected chi connectivity index (χ2v) is 7.02. The molecule has 4 nitrogen and oxygen atoms in total. The average Bonchev–Trinajstić information content (AvgIpc) is 3.01. The number of phenolic OH excluding ortho intramolecular Hbond substituents is 1. The van der Waals surface area contributed by atoms with Gasteiger partial charge in [0.25, 0.3) is 0 Å². The second-order valence-electron chi connectivity index (χ2n) is 7.02. The fourth-order valence-electron chi connectivity index (χ4n) is 3.84. The molecule has 0 aliphatic carbocycles. The minimum atomic E-state index is 0.231. The maximum absolute atomic E-state index is 10.5. The Hall–Kier alpha value is -2.04. The molecule has 1 saturated heterocycles. The van der Waals surface area contributed by atoms with E-state index in [4.69, 9.17) is 9.47 Å². The maximum Gasteiger partial charge on any atom is 0.165 e. The highest BCUT2D eigenvalue weighted by molar-refractivity contribution is 5.71. The maximum atomic E-state index is 10.5. The first-order chi connectivity index (χ1) is 12.2. The molecule has 0 spiro atoms. The summed E-state index contributed by atoms with van der Waals surface area (Å²) in [5.41, 5.74) is 4.44. The van der Waals surface area contributed by atoms with Crippen molar-refractivity contribution >= 4 is 0 Å². The first-order valence-electron chi connectivity index (χ1n) is 9.09. The zero-order chi connectivity index (χ0) is 17.2. The fourth-order valence-corrected chi connectivity index (χ4v) is 3.84. The van der Waals surface area contributed by atoms with Crippen LogP contribution in [0.25, 0.3) is 11.1 Å². The number of fused-ring (bicyclic) bond motifs is 1. The molecule has 0 aromatic heterocycles. The third kappa shape index (κ3) is 3.51. The first kappa shape index (κ1) is 16.4. The summed E-state index contributed by atoms with van der Waals surface area (Å²) in [7, 11) is 0. The van der Waals surface area contributed by atoms with Crippen LogP contribution in [-0.2, 0) is 11.3 Å². The molecule has 2 aliphatic rings. The number of aryl methyl sites for hydroxylation is 1. The standard InChI is InChI=1S/C21H25NO3/c1-15-5-2-3-7-19(15)16-11-17-13-22(14-18-6-4-9-24-18)8-10-25-21(17)20(23)12-16/h2-3,5,7,11-12,18,23H,4,6,8-10,13-14H2,1H3. The molecule has 25 heavy (non-hydrogen) atoms. The molecule has 0 amide bonds. The number of phenols is 1. The van der Waals surface area contributed by atoms with Crippen molar-refractivity contribution in [1.82, 2.24) is 4.90 Å². The molecule has 0 radical (unpaired) electrons. The van der Waals surface area contributed by atoms with Gasteiger partial charge in [-0.1, -0.05) is 24.3 Å². The van der Waals surface area contributed by atoms with E-state index in [-0.39, 0.29) is 5.75 Å². The second kappa shape index (κ2) is 7.06. The Bertz CT molecular complexity index is 753. The Morgan fingerprint density at radius 3 is 2.88 bits per heavy atom. The first-order valence-corrected chi connectivity index (χ1v) is 9.09. The molecule has 0 bridgehead atoms. The van der Waals surface area contributed by atoms with Crippen LogP contribution in [0, 0.1) is 6.92 Å². The van der Waals surface area contributed by atoms with Crippen LogP contribution in [-0.4, -0.2) is 42.4 Å². The zero-order valence-corrected chi connectivity index (χ0v) is 14.7. The van der Waals surface area contributed by atoms with E-state index in [1.54, 1.807) is 0 Å². The number of aromatic hydroxyl groups is 1. The molecule has 132 valence electrons. The zero-order valence-electron chi connectivity index (χ0n) is 14.7. The largest absolute Gasteiger partial charge is 0.504 e. The predicted octanol–water partition coefficient (Wildman–Crippen LogP) is 3.74. The minimum absolute atomic E-state index is 0.231. The monoisotopic (exact) mass is 339 g/mol. The van der Waals surface area contributed by atoms with E-state index in [1.807, 2.05) is 18.2 Å². The predicted molar refractivity (Wildman–Crippen MR) is 98.0 cm³/mol. The molecule has 2 heterocycles. The van der Waals surface area contributed by atoms with Crippen LogP contribution in [0.5, 0.6) is 11.5 Å². The smallest absolute Gasteiger partial charge is 0.165 e. The van der Waals surface area contributed by atoms with Gasteiger partial charge in [0.1, 0.15) is 6.61 Å². The van der Waals surface area contributed by atoms with Crippen LogP contribution in [0.15, 0.2) is 36.4 Å². The Morgan fingerprint density at radius 2 is 2.08 bits per heavy atom. The summed E-state index contributed by atoms with van der Waals surface area (Å²) in [6, 6.07) is 12.2. The molecule has 1 atom stereocenters. The Morgan fingerprint density at radius 1 is 1.20 bits per heavy atom. The number of ether oxygens (including phenoxy) is 2. The average molecular weight is 339 g/mol. The number of benzene rings is 2. The van der Waals surface area contributed by atoms with Gasteiger partial charge in [0.05, 0.1) is 6.10 Å². The van der Waals surface area contributed by atoms with Crippen LogP contribution in [0.4, 0.5) is 0 Å². The van der Waals surface area contributed by atoms with Gasteiger partial charge in [-0.2, -0.15) is 0 Å². The third-order valence-electron chi connectivity index (χ3n) is 5.14. The Balaban J connectivity index is 1.63. The molecule has 4 heteroatoms. The summed E-state index contributed by atoms with van der Waals surface area (Å²) < 4.78 is 11.6. The summed E-state index contributed by atoms with van der Waals surface area (Å²) in [5.74, 6) is 0.863. The third-order valence-corrected chi connectivity index (χ3v) is 5.14. The van der Waals surface area contributed by atoms with E-state index >= 15 is 0 Å².